The summed E-state index contributed by atoms with van der Waals surface area (Å²) in [7, 11) is 1.83. The topological polar surface area (TPSA) is 54.2 Å². The first-order valence-corrected chi connectivity index (χ1v) is 8.36. The predicted octanol–water partition coefficient (Wildman–Crippen LogP) is 3.16. The zero-order valence-electron chi connectivity index (χ0n) is 14.1. The van der Waals surface area contributed by atoms with Gasteiger partial charge in [0.15, 0.2) is 5.96 Å². The molecule has 0 radical (unpaired) electrons. The zero-order chi connectivity index (χ0) is 15.9. The van der Waals surface area contributed by atoms with Gasteiger partial charge in [0.2, 0.25) is 0 Å². The zero-order valence-corrected chi connectivity index (χ0v) is 16.4. The average molecular weight is 439 g/mol. The van der Waals surface area contributed by atoms with Gasteiger partial charge in [-0.2, -0.15) is 5.10 Å². The maximum atomic E-state index is 4.35. The Morgan fingerprint density at radius 2 is 1.96 bits per heavy atom. The Balaban J connectivity index is 0.00000208. The number of aromatic nitrogens is 2. The largest absolute Gasteiger partial charge is 0.354 e. The molecular formula is C18H26IN5. The van der Waals surface area contributed by atoms with E-state index in [0.29, 0.717) is 6.04 Å². The van der Waals surface area contributed by atoms with Gasteiger partial charge in [-0.25, -0.2) is 0 Å². The van der Waals surface area contributed by atoms with E-state index in [2.05, 4.69) is 45.0 Å². The number of rotatable bonds is 5. The van der Waals surface area contributed by atoms with Gasteiger partial charge >= 0.3 is 0 Å². The molecule has 2 N–H and O–H groups in total. The molecule has 6 heteroatoms. The molecule has 1 aromatic heterocycles. The van der Waals surface area contributed by atoms with Crippen LogP contribution in [0.4, 0.5) is 0 Å². The average Bonchev–Trinajstić information content (AvgIpc) is 3.26. The Kier molecular flexibility index (Phi) is 7.55. The van der Waals surface area contributed by atoms with Gasteiger partial charge in [-0.3, -0.25) is 9.67 Å². The molecule has 1 saturated carbocycles. The number of hydrogen-bond donors (Lipinski definition) is 2. The van der Waals surface area contributed by atoms with Gasteiger partial charge in [0, 0.05) is 32.0 Å². The van der Waals surface area contributed by atoms with E-state index in [1.807, 2.05) is 30.2 Å². The van der Waals surface area contributed by atoms with Crippen LogP contribution in [-0.4, -0.2) is 28.8 Å². The minimum atomic E-state index is 0. The molecule has 2 aromatic rings. The molecule has 0 aliphatic heterocycles. The van der Waals surface area contributed by atoms with Crippen LogP contribution < -0.4 is 10.6 Å². The molecule has 0 amide bonds. The van der Waals surface area contributed by atoms with E-state index >= 15 is 0 Å². The van der Waals surface area contributed by atoms with Gasteiger partial charge in [0.1, 0.15) is 0 Å². The Hall–Kier alpha value is -1.57. The molecule has 0 atom stereocenters. The number of halogens is 1. The third-order valence-electron chi connectivity index (χ3n) is 4.38. The summed E-state index contributed by atoms with van der Waals surface area (Å²) in [6.45, 7) is 1.56. The van der Waals surface area contributed by atoms with Crippen LogP contribution >= 0.6 is 24.0 Å². The molecule has 0 spiro atoms. The smallest absolute Gasteiger partial charge is 0.191 e. The fourth-order valence-electron chi connectivity index (χ4n) is 3.09. The van der Waals surface area contributed by atoms with E-state index in [9.17, 15) is 0 Å². The van der Waals surface area contributed by atoms with Crippen LogP contribution in [0.1, 0.15) is 36.8 Å². The first-order valence-electron chi connectivity index (χ1n) is 8.36. The van der Waals surface area contributed by atoms with Crippen LogP contribution in [0, 0.1) is 0 Å². The second kappa shape index (κ2) is 9.66. The number of aliphatic imine (C=N–C) groups is 1. The van der Waals surface area contributed by atoms with Crippen molar-refractivity contribution in [3.05, 3.63) is 53.9 Å². The van der Waals surface area contributed by atoms with E-state index < -0.39 is 0 Å². The van der Waals surface area contributed by atoms with Crippen molar-refractivity contribution in [3.63, 3.8) is 0 Å². The molecular weight excluding hydrogens is 413 g/mol. The highest BCUT2D eigenvalue weighted by Gasteiger charge is 2.15. The lowest BCUT2D eigenvalue weighted by atomic mass is 10.1. The Labute approximate surface area is 161 Å². The molecule has 3 rings (SSSR count). The Bertz CT molecular complexity index is 633. The quantitative estimate of drug-likeness (QED) is 0.428. The number of nitrogens with zero attached hydrogens (tertiary/aromatic N) is 3. The molecule has 0 bridgehead atoms. The molecule has 130 valence electrons. The monoisotopic (exact) mass is 439 g/mol. The summed E-state index contributed by atoms with van der Waals surface area (Å²) in [4.78, 5) is 4.35. The summed E-state index contributed by atoms with van der Waals surface area (Å²) in [5.74, 6) is 0.894. The van der Waals surface area contributed by atoms with E-state index in [1.54, 1.807) is 0 Å². The van der Waals surface area contributed by atoms with Crippen LogP contribution in [0.3, 0.4) is 0 Å². The van der Waals surface area contributed by atoms with Crippen molar-refractivity contribution in [2.75, 3.05) is 7.05 Å². The van der Waals surface area contributed by atoms with Gasteiger partial charge < -0.3 is 10.6 Å². The first-order chi connectivity index (χ1) is 11.3. The highest BCUT2D eigenvalue weighted by Crippen LogP contribution is 2.17. The van der Waals surface area contributed by atoms with Crippen molar-refractivity contribution < 1.29 is 0 Å². The van der Waals surface area contributed by atoms with Gasteiger partial charge in [-0.05, 0) is 30.0 Å². The second-order valence-electron chi connectivity index (χ2n) is 6.02. The van der Waals surface area contributed by atoms with Crippen LogP contribution in [0.2, 0.25) is 0 Å². The molecule has 24 heavy (non-hydrogen) atoms. The van der Waals surface area contributed by atoms with Crippen molar-refractivity contribution >= 4 is 29.9 Å². The van der Waals surface area contributed by atoms with E-state index in [4.69, 9.17) is 0 Å². The van der Waals surface area contributed by atoms with Crippen LogP contribution in [0.25, 0.3) is 0 Å². The van der Waals surface area contributed by atoms with E-state index in [0.717, 1.165) is 19.0 Å². The van der Waals surface area contributed by atoms with Crippen molar-refractivity contribution in [2.45, 2.75) is 44.8 Å². The third-order valence-corrected chi connectivity index (χ3v) is 4.38. The summed E-state index contributed by atoms with van der Waals surface area (Å²) >= 11 is 0. The first kappa shape index (κ1) is 18.8. The standard InChI is InChI=1S/C18H25N5.HI/c1-19-18(22-17-9-4-5-10-17)20-13-15-7-2-3-8-16(15)14-23-12-6-11-21-23;/h2-3,6-8,11-12,17H,4-5,9-10,13-14H2,1H3,(H2,19,20,22);1H. The molecule has 1 aliphatic carbocycles. The predicted molar refractivity (Wildman–Crippen MR) is 109 cm³/mol. The molecule has 1 heterocycles. The normalized spacial score (nSPS) is 15.1. The Morgan fingerprint density at radius 1 is 1.21 bits per heavy atom. The van der Waals surface area contributed by atoms with Crippen molar-refractivity contribution in [2.24, 2.45) is 4.99 Å². The highest BCUT2D eigenvalue weighted by atomic mass is 127. The second-order valence-corrected chi connectivity index (χ2v) is 6.02. The third kappa shape index (κ3) is 5.22. The van der Waals surface area contributed by atoms with Gasteiger partial charge in [0.25, 0.3) is 0 Å². The van der Waals surface area contributed by atoms with Gasteiger partial charge in [-0.15, -0.1) is 24.0 Å². The lowest BCUT2D eigenvalue weighted by molar-refractivity contribution is 0.612. The van der Waals surface area contributed by atoms with E-state index in [1.165, 1.54) is 36.8 Å². The Morgan fingerprint density at radius 3 is 2.62 bits per heavy atom. The fourth-order valence-corrected chi connectivity index (χ4v) is 3.09. The van der Waals surface area contributed by atoms with Crippen molar-refractivity contribution in [3.8, 4) is 0 Å². The summed E-state index contributed by atoms with van der Waals surface area (Å²) in [5, 5.41) is 11.3. The van der Waals surface area contributed by atoms with Crippen molar-refractivity contribution in [1.82, 2.24) is 20.4 Å². The molecule has 0 saturated heterocycles. The molecule has 1 aromatic carbocycles. The summed E-state index contributed by atoms with van der Waals surface area (Å²) in [6, 6.07) is 11.0. The minimum absolute atomic E-state index is 0. The summed E-state index contributed by atoms with van der Waals surface area (Å²) in [5.41, 5.74) is 2.55. The number of benzene rings is 1. The molecule has 5 nitrogen and oxygen atoms in total. The molecule has 1 aliphatic rings. The van der Waals surface area contributed by atoms with Crippen LogP contribution in [0.15, 0.2) is 47.7 Å². The van der Waals surface area contributed by atoms with E-state index in [-0.39, 0.29) is 24.0 Å². The molecule has 0 unspecified atom stereocenters. The number of guanidine groups is 1. The summed E-state index contributed by atoms with van der Waals surface area (Å²) in [6.07, 6.45) is 8.94. The van der Waals surface area contributed by atoms with Crippen LogP contribution in [0.5, 0.6) is 0 Å². The minimum Gasteiger partial charge on any atom is -0.354 e. The van der Waals surface area contributed by atoms with Gasteiger partial charge in [0.05, 0.1) is 6.54 Å². The maximum absolute atomic E-state index is 4.35. The van der Waals surface area contributed by atoms with Crippen molar-refractivity contribution in [1.29, 1.82) is 0 Å². The number of nitrogens with one attached hydrogen (secondary N) is 2. The fraction of sp³-hybridized carbons (Fsp3) is 0.444. The maximum Gasteiger partial charge on any atom is 0.191 e. The highest BCUT2D eigenvalue weighted by molar-refractivity contribution is 14.0. The number of hydrogen-bond acceptors (Lipinski definition) is 2. The molecule has 1 fully saturated rings. The van der Waals surface area contributed by atoms with Crippen LogP contribution in [-0.2, 0) is 13.1 Å². The van der Waals surface area contributed by atoms with Gasteiger partial charge in [-0.1, -0.05) is 37.1 Å². The lowest BCUT2D eigenvalue weighted by Crippen LogP contribution is -2.42. The lowest BCUT2D eigenvalue weighted by Gasteiger charge is -2.18. The summed E-state index contributed by atoms with van der Waals surface area (Å²) < 4.78 is 1.95. The SMILES string of the molecule is CN=C(NCc1ccccc1Cn1cccn1)NC1CCCC1.I.